The number of urea groups is 1. The summed E-state index contributed by atoms with van der Waals surface area (Å²) < 4.78 is 16.1. The van der Waals surface area contributed by atoms with Crippen LogP contribution in [-0.4, -0.2) is 26.0 Å². The van der Waals surface area contributed by atoms with E-state index < -0.39 is 0 Å². The lowest BCUT2D eigenvalue weighted by atomic mass is 9.98. The van der Waals surface area contributed by atoms with Crippen LogP contribution in [0.15, 0.2) is 72.8 Å². The molecule has 31 heavy (non-hydrogen) atoms. The predicted octanol–water partition coefficient (Wildman–Crippen LogP) is 4.08. The summed E-state index contributed by atoms with van der Waals surface area (Å²) in [6.45, 7) is 0.669. The van der Waals surface area contributed by atoms with Crippen molar-refractivity contribution >= 4 is 6.03 Å². The van der Waals surface area contributed by atoms with Gasteiger partial charge in [-0.2, -0.15) is 0 Å². The molecule has 0 aliphatic carbocycles. The molecule has 1 heterocycles. The minimum absolute atomic E-state index is 0.0759. The molecule has 3 aromatic rings. The molecule has 1 atom stereocenters. The fraction of sp³-hybridized carbons (Fsp3) is 0.240. The third-order valence-electron chi connectivity index (χ3n) is 5.17. The van der Waals surface area contributed by atoms with Crippen LogP contribution in [0.3, 0.4) is 0 Å². The molecule has 0 bridgehead atoms. The number of carbonyl (C=O) groups is 1. The SMILES string of the molecule is COc1cccc(CNC(=O)NC(Cc2ccccc2)Cc2ccc3c(c2)OCO3)c1. The molecule has 3 aromatic carbocycles. The average molecular weight is 418 g/mol. The van der Waals surface area contributed by atoms with E-state index in [1.807, 2.05) is 60.7 Å². The number of fused-ring (bicyclic) bond motifs is 1. The lowest BCUT2D eigenvalue weighted by Crippen LogP contribution is -2.43. The van der Waals surface area contributed by atoms with Crippen molar-refractivity contribution in [2.24, 2.45) is 0 Å². The second kappa shape index (κ2) is 9.89. The van der Waals surface area contributed by atoms with Gasteiger partial charge in [0.1, 0.15) is 5.75 Å². The highest BCUT2D eigenvalue weighted by Gasteiger charge is 2.18. The van der Waals surface area contributed by atoms with Gasteiger partial charge in [-0.1, -0.05) is 48.5 Å². The molecule has 0 spiro atoms. The van der Waals surface area contributed by atoms with E-state index in [0.717, 1.165) is 34.8 Å². The van der Waals surface area contributed by atoms with E-state index in [0.29, 0.717) is 13.0 Å². The molecule has 4 rings (SSSR count). The first kappa shape index (κ1) is 20.6. The van der Waals surface area contributed by atoms with Gasteiger partial charge in [0.15, 0.2) is 11.5 Å². The molecule has 1 aliphatic rings. The summed E-state index contributed by atoms with van der Waals surface area (Å²) in [5, 5.41) is 6.07. The van der Waals surface area contributed by atoms with Crippen molar-refractivity contribution in [2.75, 3.05) is 13.9 Å². The smallest absolute Gasteiger partial charge is 0.315 e. The van der Waals surface area contributed by atoms with Crippen LogP contribution in [0.4, 0.5) is 4.79 Å². The van der Waals surface area contributed by atoms with E-state index >= 15 is 0 Å². The van der Waals surface area contributed by atoms with E-state index in [-0.39, 0.29) is 18.9 Å². The average Bonchev–Trinajstić information content (AvgIpc) is 3.26. The lowest BCUT2D eigenvalue weighted by molar-refractivity contribution is 0.174. The number of amides is 2. The molecule has 0 fully saturated rings. The highest BCUT2D eigenvalue weighted by atomic mass is 16.7. The Kier molecular flexibility index (Phi) is 6.57. The Morgan fingerprint density at radius 2 is 1.68 bits per heavy atom. The van der Waals surface area contributed by atoms with Crippen LogP contribution in [0, 0.1) is 0 Å². The fourth-order valence-electron chi connectivity index (χ4n) is 3.63. The molecule has 160 valence electrons. The van der Waals surface area contributed by atoms with Gasteiger partial charge in [-0.3, -0.25) is 0 Å². The summed E-state index contributed by atoms with van der Waals surface area (Å²) in [5.74, 6) is 2.27. The van der Waals surface area contributed by atoms with Gasteiger partial charge in [-0.15, -0.1) is 0 Å². The van der Waals surface area contributed by atoms with E-state index in [2.05, 4.69) is 22.8 Å². The van der Waals surface area contributed by atoms with Gasteiger partial charge >= 0.3 is 6.03 Å². The Morgan fingerprint density at radius 1 is 0.903 bits per heavy atom. The predicted molar refractivity (Wildman–Crippen MR) is 119 cm³/mol. The van der Waals surface area contributed by atoms with Crippen molar-refractivity contribution < 1.29 is 19.0 Å². The monoisotopic (exact) mass is 418 g/mol. The normalized spacial score (nSPS) is 12.8. The standard InChI is InChI=1S/C25H26N2O4/c1-29-22-9-5-8-20(14-22)16-26-25(28)27-21(12-18-6-3-2-4-7-18)13-19-10-11-23-24(15-19)31-17-30-23/h2-11,14-15,21H,12-13,16-17H2,1H3,(H2,26,27,28). The van der Waals surface area contributed by atoms with Crippen LogP contribution < -0.4 is 24.8 Å². The molecule has 0 saturated heterocycles. The highest BCUT2D eigenvalue weighted by Crippen LogP contribution is 2.32. The third-order valence-corrected chi connectivity index (χ3v) is 5.17. The van der Waals surface area contributed by atoms with E-state index in [1.54, 1.807) is 7.11 Å². The fourth-order valence-corrected chi connectivity index (χ4v) is 3.63. The maximum absolute atomic E-state index is 12.7. The Morgan fingerprint density at radius 3 is 2.52 bits per heavy atom. The zero-order chi connectivity index (χ0) is 21.5. The molecule has 2 N–H and O–H groups in total. The van der Waals surface area contributed by atoms with Gasteiger partial charge in [0.05, 0.1) is 7.11 Å². The first-order valence-electron chi connectivity index (χ1n) is 10.3. The maximum Gasteiger partial charge on any atom is 0.315 e. The van der Waals surface area contributed by atoms with Crippen molar-refractivity contribution in [1.29, 1.82) is 0 Å². The molecule has 0 aromatic heterocycles. The summed E-state index contributed by atoms with van der Waals surface area (Å²) in [4.78, 5) is 12.7. The van der Waals surface area contributed by atoms with E-state index in [1.165, 1.54) is 5.56 Å². The minimum atomic E-state index is -0.204. The summed E-state index contributed by atoms with van der Waals surface area (Å²) in [7, 11) is 1.63. The quantitative estimate of drug-likeness (QED) is 0.579. The van der Waals surface area contributed by atoms with E-state index in [9.17, 15) is 4.79 Å². The zero-order valence-corrected chi connectivity index (χ0v) is 17.5. The summed E-state index contributed by atoms with van der Waals surface area (Å²) >= 11 is 0. The number of hydrogen-bond acceptors (Lipinski definition) is 4. The summed E-state index contributed by atoms with van der Waals surface area (Å²) in [5.41, 5.74) is 3.23. The van der Waals surface area contributed by atoms with Crippen molar-refractivity contribution in [3.05, 3.63) is 89.5 Å². The Labute approximate surface area is 182 Å². The Hall–Kier alpha value is -3.67. The molecule has 0 saturated carbocycles. The highest BCUT2D eigenvalue weighted by molar-refractivity contribution is 5.74. The van der Waals surface area contributed by atoms with Crippen LogP contribution in [0.5, 0.6) is 17.2 Å². The van der Waals surface area contributed by atoms with Crippen molar-refractivity contribution in [2.45, 2.75) is 25.4 Å². The van der Waals surface area contributed by atoms with Crippen molar-refractivity contribution in [3.8, 4) is 17.2 Å². The van der Waals surface area contributed by atoms with Crippen molar-refractivity contribution in [3.63, 3.8) is 0 Å². The second-order valence-corrected chi connectivity index (χ2v) is 7.46. The van der Waals surface area contributed by atoms with Crippen LogP contribution >= 0.6 is 0 Å². The number of carbonyl (C=O) groups excluding carboxylic acids is 1. The van der Waals surface area contributed by atoms with Gasteiger partial charge in [-0.05, 0) is 53.8 Å². The summed E-state index contributed by atoms with van der Waals surface area (Å²) in [6.07, 6.45) is 1.40. The number of rotatable bonds is 8. The molecule has 6 heteroatoms. The van der Waals surface area contributed by atoms with Crippen LogP contribution in [0.1, 0.15) is 16.7 Å². The number of ether oxygens (including phenoxy) is 3. The van der Waals surface area contributed by atoms with E-state index in [4.69, 9.17) is 14.2 Å². The topological polar surface area (TPSA) is 68.8 Å². The number of benzene rings is 3. The third kappa shape index (κ3) is 5.69. The van der Waals surface area contributed by atoms with Gasteiger partial charge in [-0.25, -0.2) is 4.79 Å². The first-order chi connectivity index (χ1) is 15.2. The van der Waals surface area contributed by atoms with Gasteiger partial charge in [0.2, 0.25) is 6.79 Å². The minimum Gasteiger partial charge on any atom is -0.497 e. The Balaban J connectivity index is 1.41. The molecular formula is C25H26N2O4. The van der Waals surface area contributed by atoms with Crippen LogP contribution in [0.25, 0.3) is 0 Å². The molecule has 1 unspecified atom stereocenters. The number of methoxy groups -OCH3 is 1. The molecule has 6 nitrogen and oxygen atoms in total. The van der Waals surface area contributed by atoms with Crippen LogP contribution in [0.2, 0.25) is 0 Å². The van der Waals surface area contributed by atoms with Crippen molar-refractivity contribution in [1.82, 2.24) is 10.6 Å². The van der Waals surface area contributed by atoms with Gasteiger partial charge in [0.25, 0.3) is 0 Å². The second-order valence-electron chi connectivity index (χ2n) is 7.46. The number of nitrogens with one attached hydrogen (secondary N) is 2. The first-order valence-corrected chi connectivity index (χ1v) is 10.3. The molecule has 2 amide bonds. The molecule has 1 aliphatic heterocycles. The Bertz CT molecular complexity index is 1020. The summed E-state index contributed by atoms with van der Waals surface area (Å²) in [6, 6.07) is 23.4. The zero-order valence-electron chi connectivity index (χ0n) is 17.5. The largest absolute Gasteiger partial charge is 0.497 e. The molecular weight excluding hydrogens is 392 g/mol. The maximum atomic E-state index is 12.7. The van der Waals surface area contributed by atoms with Gasteiger partial charge in [0, 0.05) is 12.6 Å². The molecule has 0 radical (unpaired) electrons. The van der Waals surface area contributed by atoms with Crippen LogP contribution in [-0.2, 0) is 19.4 Å². The lowest BCUT2D eigenvalue weighted by Gasteiger charge is -2.20. The number of hydrogen-bond donors (Lipinski definition) is 2. The van der Waals surface area contributed by atoms with Gasteiger partial charge < -0.3 is 24.8 Å².